The van der Waals surface area contributed by atoms with Crippen LogP contribution in [0.5, 0.6) is 5.75 Å². The third kappa shape index (κ3) is 5.09. The summed E-state index contributed by atoms with van der Waals surface area (Å²) in [7, 11) is 4.09. The fourth-order valence-electron chi connectivity index (χ4n) is 5.31. The quantitative estimate of drug-likeness (QED) is 0.395. The lowest BCUT2D eigenvalue weighted by atomic mass is 10.0. The lowest BCUT2D eigenvalue weighted by Gasteiger charge is -2.28. The first kappa shape index (κ1) is 24.4. The number of allylic oxidation sites excluding steroid dienone is 2. The summed E-state index contributed by atoms with van der Waals surface area (Å²) in [5.74, 6) is 0.785. The average Bonchev–Trinajstić information content (AvgIpc) is 3.52. The number of pyridine rings is 2. The van der Waals surface area contributed by atoms with Gasteiger partial charge in [0.2, 0.25) is 0 Å². The number of aromatic amines is 2. The molecule has 0 spiro atoms. The number of rotatable bonds is 7. The summed E-state index contributed by atoms with van der Waals surface area (Å²) < 4.78 is 5.96. The van der Waals surface area contributed by atoms with Crippen molar-refractivity contribution in [3.8, 4) is 17.1 Å². The number of ether oxygens (including phenoxy) is 1. The van der Waals surface area contributed by atoms with Crippen molar-refractivity contribution in [1.29, 1.82) is 0 Å². The van der Waals surface area contributed by atoms with Crippen LogP contribution in [-0.2, 0) is 0 Å². The minimum absolute atomic E-state index is 0.626. The number of H-pyrrole nitrogens is 2. The number of likely N-dealkylation sites (N-methyl/N-ethyl adjacent to an activating group) is 1. The van der Waals surface area contributed by atoms with E-state index in [0.29, 0.717) is 6.61 Å². The molecule has 38 heavy (non-hydrogen) atoms. The van der Waals surface area contributed by atoms with Gasteiger partial charge in [-0.25, -0.2) is 0 Å². The summed E-state index contributed by atoms with van der Waals surface area (Å²) in [6, 6.07) is 4.31. The van der Waals surface area contributed by atoms with Gasteiger partial charge < -0.3 is 19.5 Å². The van der Waals surface area contributed by atoms with Crippen molar-refractivity contribution >= 4 is 34.3 Å². The van der Waals surface area contributed by atoms with E-state index in [1.165, 1.54) is 30.3 Å². The highest BCUT2D eigenvalue weighted by atomic mass is 16.5. The molecule has 0 unspecified atom stereocenters. The Morgan fingerprint density at radius 3 is 2.68 bits per heavy atom. The van der Waals surface area contributed by atoms with E-state index in [1.54, 1.807) is 6.20 Å². The molecule has 2 aliphatic rings. The Labute approximate surface area is 222 Å². The smallest absolute Gasteiger partial charge is 0.138 e. The van der Waals surface area contributed by atoms with Crippen LogP contribution in [0, 0.1) is 0 Å². The van der Waals surface area contributed by atoms with E-state index in [2.05, 4.69) is 60.2 Å². The second kappa shape index (κ2) is 10.8. The van der Waals surface area contributed by atoms with Crippen molar-refractivity contribution in [2.45, 2.75) is 32.1 Å². The zero-order valence-corrected chi connectivity index (χ0v) is 22.2. The lowest BCUT2D eigenvalue weighted by Crippen LogP contribution is -2.29. The van der Waals surface area contributed by atoms with Gasteiger partial charge in [0.25, 0.3) is 0 Å². The van der Waals surface area contributed by atoms with Gasteiger partial charge >= 0.3 is 0 Å². The fourth-order valence-corrected chi connectivity index (χ4v) is 5.31. The number of nitrogens with one attached hydrogen (secondary N) is 2. The van der Waals surface area contributed by atoms with Gasteiger partial charge in [-0.15, -0.1) is 0 Å². The van der Waals surface area contributed by atoms with Crippen LogP contribution in [-0.4, -0.2) is 70.4 Å². The van der Waals surface area contributed by atoms with Crippen LogP contribution >= 0.6 is 0 Å². The molecule has 0 atom stereocenters. The molecule has 0 radical (unpaired) electrons. The number of piperidine rings is 1. The maximum atomic E-state index is 5.96. The Kier molecular flexibility index (Phi) is 6.96. The van der Waals surface area contributed by atoms with Crippen molar-refractivity contribution in [1.82, 2.24) is 30.0 Å². The molecule has 0 saturated carbocycles. The van der Waals surface area contributed by atoms with Crippen LogP contribution in [0.3, 0.4) is 0 Å². The van der Waals surface area contributed by atoms with Crippen molar-refractivity contribution in [3.63, 3.8) is 0 Å². The summed E-state index contributed by atoms with van der Waals surface area (Å²) in [6.45, 7) is 3.65. The van der Waals surface area contributed by atoms with Gasteiger partial charge in [0.15, 0.2) is 0 Å². The molecule has 1 fully saturated rings. The maximum Gasteiger partial charge on any atom is 0.138 e. The zero-order valence-electron chi connectivity index (χ0n) is 22.2. The Hall–Kier alpha value is -3.91. The van der Waals surface area contributed by atoms with Crippen LogP contribution in [0.1, 0.15) is 37.7 Å². The van der Waals surface area contributed by atoms with Crippen LogP contribution < -0.4 is 20.2 Å². The van der Waals surface area contributed by atoms with E-state index in [0.717, 1.165) is 76.8 Å². The topological polar surface area (TPSA) is 86.0 Å². The van der Waals surface area contributed by atoms with Crippen LogP contribution in [0.2, 0.25) is 0 Å². The number of hydrogen-bond acceptors (Lipinski definition) is 6. The molecule has 4 aromatic rings. The molecule has 1 aliphatic carbocycles. The number of aromatic nitrogens is 5. The number of anilines is 1. The maximum absolute atomic E-state index is 5.96. The average molecular weight is 510 g/mol. The summed E-state index contributed by atoms with van der Waals surface area (Å²) in [4.78, 5) is 17.2. The van der Waals surface area contributed by atoms with E-state index in [-0.39, 0.29) is 0 Å². The summed E-state index contributed by atoms with van der Waals surface area (Å²) in [6.07, 6.45) is 20.0. The molecule has 0 bridgehead atoms. The van der Waals surface area contributed by atoms with E-state index in [1.807, 2.05) is 32.7 Å². The predicted molar refractivity (Wildman–Crippen MR) is 153 cm³/mol. The summed E-state index contributed by atoms with van der Waals surface area (Å²) >= 11 is 0. The normalized spacial score (nSPS) is 19.0. The van der Waals surface area contributed by atoms with Crippen LogP contribution in [0.15, 0.2) is 43.0 Å². The molecule has 4 aromatic heterocycles. The highest BCUT2D eigenvalue weighted by Gasteiger charge is 2.17. The molecule has 8 nitrogen and oxygen atoms in total. The van der Waals surface area contributed by atoms with Gasteiger partial charge in [0.1, 0.15) is 18.1 Å². The number of fused-ring (bicyclic) bond motifs is 2. The molecule has 5 heterocycles. The second-order valence-electron chi connectivity index (χ2n) is 10.4. The lowest BCUT2D eigenvalue weighted by molar-refractivity contribution is 0.260. The molecule has 6 rings (SSSR count). The first-order valence-corrected chi connectivity index (χ1v) is 13.6. The molecule has 8 heteroatoms. The third-order valence-electron chi connectivity index (χ3n) is 7.34. The Morgan fingerprint density at radius 1 is 0.974 bits per heavy atom. The molecule has 1 aliphatic heterocycles. The first-order chi connectivity index (χ1) is 18.7. The van der Waals surface area contributed by atoms with Crippen LogP contribution in [0.25, 0.3) is 40.0 Å². The summed E-state index contributed by atoms with van der Waals surface area (Å²) in [5.41, 5.74) is 6.32. The number of hydrogen-bond donors (Lipinski definition) is 2. The molecule has 1 saturated heterocycles. The molecule has 196 valence electrons. The largest absolute Gasteiger partial charge is 0.491 e. The first-order valence-electron chi connectivity index (χ1n) is 13.6. The van der Waals surface area contributed by atoms with Gasteiger partial charge in [-0.2, -0.15) is 5.10 Å². The van der Waals surface area contributed by atoms with E-state index >= 15 is 0 Å². The zero-order chi connectivity index (χ0) is 25.9. The van der Waals surface area contributed by atoms with Gasteiger partial charge in [-0.1, -0.05) is 12.2 Å². The van der Waals surface area contributed by atoms with E-state index in [9.17, 15) is 0 Å². The standard InChI is InChI=1S/C30H35N7O/c1-36(2)12-13-38-23-14-22(17-31-18-23)21-8-4-5-9-26-25(15-21)30(35-34-26)27-16-24-28(33-27)19-32-20-29(24)37-10-6-3-7-11-37/h8-9,14-20,33-34H,3-7,10-13H2,1-2H3/b21-8+,25-15+,26-9-. The molecule has 0 aromatic carbocycles. The number of nitrogens with zero attached hydrogens (tertiary/aromatic N) is 5. The van der Waals surface area contributed by atoms with Crippen LogP contribution in [0.4, 0.5) is 5.69 Å². The monoisotopic (exact) mass is 509 g/mol. The Bertz CT molecular complexity index is 1570. The molecule has 2 N–H and O–H groups in total. The molecular formula is C30H35N7O. The van der Waals surface area contributed by atoms with E-state index < -0.39 is 0 Å². The highest BCUT2D eigenvalue weighted by Crippen LogP contribution is 2.31. The van der Waals surface area contributed by atoms with Gasteiger partial charge in [-0.05, 0) is 70.0 Å². The minimum atomic E-state index is 0.626. The van der Waals surface area contributed by atoms with Gasteiger partial charge in [0.05, 0.1) is 40.8 Å². The molecular weight excluding hydrogens is 474 g/mol. The van der Waals surface area contributed by atoms with E-state index in [4.69, 9.17) is 9.84 Å². The van der Waals surface area contributed by atoms with Gasteiger partial charge in [0, 0.05) is 42.0 Å². The minimum Gasteiger partial charge on any atom is -0.491 e. The summed E-state index contributed by atoms with van der Waals surface area (Å²) in [5, 5.41) is 11.4. The van der Waals surface area contributed by atoms with Crippen molar-refractivity contribution in [3.05, 3.63) is 59.1 Å². The Morgan fingerprint density at radius 2 is 1.82 bits per heavy atom. The second-order valence-corrected chi connectivity index (χ2v) is 10.4. The van der Waals surface area contributed by atoms with Gasteiger partial charge in [-0.3, -0.25) is 15.1 Å². The predicted octanol–water partition coefficient (Wildman–Crippen LogP) is 3.72. The SMILES string of the molecule is CN(C)CCOc1cncc(C2=C\CC\C=c3/[nH]nc(-c4cc5c(N6CCCCC6)cncc5[nH]4)/c3=C/2)c1. The Balaban J connectivity index is 1.38. The fraction of sp³-hybridized carbons (Fsp3) is 0.367. The van der Waals surface area contributed by atoms with Crippen molar-refractivity contribution in [2.75, 3.05) is 45.2 Å². The van der Waals surface area contributed by atoms with Crippen molar-refractivity contribution in [2.24, 2.45) is 0 Å². The third-order valence-corrected chi connectivity index (χ3v) is 7.34. The highest BCUT2D eigenvalue weighted by molar-refractivity contribution is 5.96. The molecule has 0 amide bonds. The van der Waals surface area contributed by atoms with Crippen molar-refractivity contribution < 1.29 is 4.74 Å².